The third kappa shape index (κ3) is 3.50. The van der Waals surface area contributed by atoms with Gasteiger partial charge in [0, 0.05) is 10.9 Å². The predicted octanol–water partition coefficient (Wildman–Crippen LogP) is 5.37. The lowest BCUT2D eigenvalue weighted by molar-refractivity contribution is 0.463. The summed E-state index contributed by atoms with van der Waals surface area (Å²) >= 11 is 5.55. The van der Waals surface area contributed by atoms with Gasteiger partial charge in [-0.3, -0.25) is 0 Å². The highest BCUT2D eigenvalue weighted by Crippen LogP contribution is 2.37. The molecule has 0 radical (unpaired) electrons. The van der Waals surface area contributed by atoms with E-state index in [0.717, 1.165) is 6.54 Å². The summed E-state index contributed by atoms with van der Waals surface area (Å²) in [6, 6.07) is 2.92. The molecule has 3 rings (SSSR count). The second-order valence-electron chi connectivity index (χ2n) is 5.69. The third-order valence-corrected chi connectivity index (χ3v) is 6.02. The van der Waals surface area contributed by atoms with E-state index in [9.17, 15) is 0 Å². The van der Waals surface area contributed by atoms with Gasteiger partial charge >= 0.3 is 0 Å². The number of aryl methyl sites for hydroxylation is 1. The molecule has 1 atom stereocenters. The van der Waals surface area contributed by atoms with Crippen LogP contribution in [0.15, 0.2) is 21.5 Å². The summed E-state index contributed by atoms with van der Waals surface area (Å²) in [5, 5.41) is 3.78. The van der Waals surface area contributed by atoms with E-state index in [1.807, 2.05) is 11.3 Å². The molecule has 104 valence electrons. The van der Waals surface area contributed by atoms with Gasteiger partial charge in [-0.2, -0.15) is 0 Å². The summed E-state index contributed by atoms with van der Waals surface area (Å²) < 4.78 is 1.29. The molecule has 1 heterocycles. The van der Waals surface area contributed by atoms with Gasteiger partial charge in [-0.05, 0) is 85.5 Å². The summed E-state index contributed by atoms with van der Waals surface area (Å²) in [4.78, 5) is 1.59. The van der Waals surface area contributed by atoms with Crippen molar-refractivity contribution in [1.29, 1.82) is 0 Å². The molecule has 1 aromatic heterocycles. The summed E-state index contributed by atoms with van der Waals surface area (Å²) in [6.45, 7) is 1.14. The quantitative estimate of drug-likeness (QED) is 0.727. The van der Waals surface area contributed by atoms with E-state index in [-0.39, 0.29) is 0 Å². The van der Waals surface area contributed by atoms with Crippen LogP contribution in [0.3, 0.4) is 0 Å². The first-order valence-corrected chi connectivity index (χ1v) is 9.13. The van der Waals surface area contributed by atoms with Crippen molar-refractivity contribution in [3.63, 3.8) is 0 Å². The zero-order valence-corrected chi connectivity index (χ0v) is 13.8. The van der Waals surface area contributed by atoms with Crippen molar-refractivity contribution in [2.45, 2.75) is 57.4 Å². The minimum atomic E-state index is 0.593. The molecule has 1 unspecified atom stereocenters. The SMILES string of the molecule is Brc1cc2c(s1)CCCC2NCCC1=CCCCC1. The smallest absolute Gasteiger partial charge is 0.0704 e. The number of nitrogens with one attached hydrogen (secondary N) is 1. The Morgan fingerprint density at radius 3 is 3.05 bits per heavy atom. The number of thiophene rings is 1. The summed E-state index contributed by atoms with van der Waals surface area (Å²) in [7, 11) is 0. The molecule has 0 saturated carbocycles. The zero-order chi connectivity index (χ0) is 13.1. The molecule has 19 heavy (non-hydrogen) atoms. The van der Waals surface area contributed by atoms with E-state index < -0.39 is 0 Å². The lowest BCUT2D eigenvalue weighted by Crippen LogP contribution is -2.25. The second kappa shape index (κ2) is 6.55. The number of allylic oxidation sites excluding steroid dienone is 1. The number of fused-ring (bicyclic) bond motifs is 1. The van der Waals surface area contributed by atoms with Gasteiger partial charge in [0.1, 0.15) is 0 Å². The van der Waals surface area contributed by atoms with E-state index in [0.29, 0.717) is 6.04 Å². The van der Waals surface area contributed by atoms with Gasteiger partial charge in [-0.15, -0.1) is 11.3 Å². The van der Waals surface area contributed by atoms with Gasteiger partial charge in [0.05, 0.1) is 3.79 Å². The Labute approximate surface area is 128 Å². The van der Waals surface area contributed by atoms with Crippen LogP contribution in [-0.4, -0.2) is 6.54 Å². The molecule has 0 bridgehead atoms. The van der Waals surface area contributed by atoms with Gasteiger partial charge < -0.3 is 5.32 Å². The average Bonchev–Trinajstić information content (AvgIpc) is 2.81. The predicted molar refractivity (Wildman–Crippen MR) is 86.9 cm³/mol. The van der Waals surface area contributed by atoms with Crippen LogP contribution in [0.5, 0.6) is 0 Å². The van der Waals surface area contributed by atoms with E-state index >= 15 is 0 Å². The van der Waals surface area contributed by atoms with Crippen LogP contribution >= 0.6 is 27.3 Å². The first-order chi connectivity index (χ1) is 9.33. The highest BCUT2D eigenvalue weighted by atomic mass is 79.9. The fraction of sp³-hybridized carbons (Fsp3) is 0.625. The Morgan fingerprint density at radius 1 is 1.26 bits per heavy atom. The Bertz CT molecular complexity index is 463. The van der Waals surface area contributed by atoms with Crippen molar-refractivity contribution in [1.82, 2.24) is 5.32 Å². The van der Waals surface area contributed by atoms with Crippen molar-refractivity contribution in [3.8, 4) is 0 Å². The van der Waals surface area contributed by atoms with E-state index in [4.69, 9.17) is 0 Å². The number of halogens is 1. The second-order valence-corrected chi connectivity index (χ2v) is 8.20. The zero-order valence-electron chi connectivity index (χ0n) is 11.4. The van der Waals surface area contributed by atoms with Crippen LogP contribution in [0.25, 0.3) is 0 Å². The minimum Gasteiger partial charge on any atom is -0.310 e. The Balaban J connectivity index is 1.54. The van der Waals surface area contributed by atoms with Crippen LogP contribution < -0.4 is 5.32 Å². The molecular formula is C16H22BrNS. The van der Waals surface area contributed by atoms with Crippen molar-refractivity contribution in [2.75, 3.05) is 6.54 Å². The topological polar surface area (TPSA) is 12.0 Å². The maximum Gasteiger partial charge on any atom is 0.0704 e. The number of hydrogen-bond donors (Lipinski definition) is 1. The van der Waals surface area contributed by atoms with Gasteiger partial charge in [-0.25, -0.2) is 0 Å². The molecule has 0 aromatic carbocycles. The summed E-state index contributed by atoms with van der Waals surface area (Å²) in [6.07, 6.45) is 13.1. The molecule has 0 saturated heterocycles. The summed E-state index contributed by atoms with van der Waals surface area (Å²) in [5.74, 6) is 0. The monoisotopic (exact) mass is 339 g/mol. The van der Waals surface area contributed by atoms with Gasteiger partial charge in [0.25, 0.3) is 0 Å². The fourth-order valence-electron chi connectivity index (χ4n) is 3.27. The maximum atomic E-state index is 3.78. The molecule has 1 N–H and O–H groups in total. The van der Waals surface area contributed by atoms with Crippen LogP contribution in [0, 0.1) is 0 Å². The largest absolute Gasteiger partial charge is 0.310 e. The lowest BCUT2D eigenvalue weighted by atomic mass is 9.93. The Kier molecular flexibility index (Phi) is 4.78. The molecular weight excluding hydrogens is 318 g/mol. The molecule has 0 amide bonds. The van der Waals surface area contributed by atoms with Crippen LogP contribution in [0.2, 0.25) is 0 Å². The van der Waals surface area contributed by atoms with Gasteiger partial charge in [0.15, 0.2) is 0 Å². The molecule has 1 aromatic rings. The minimum absolute atomic E-state index is 0.593. The van der Waals surface area contributed by atoms with Crippen molar-refractivity contribution >= 4 is 27.3 Å². The van der Waals surface area contributed by atoms with Crippen molar-refractivity contribution in [3.05, 3.63) is 31.9 Å². The molecule has 0 aliphatic heterocycles. The van der Waals surface area contributed by atoms with Crippen molar-refractivity contribution < 1.29 is 0 Å². The Hall–Kier alpha value is -0.120. The molecule has 3 heteroatoms. The maximum absolute atomic E-state index is 3.78. The normalized spacial score (nSPS) is 23.0. The lowest BCUT2D eigenvalue weighted by Gasteiger charge is -2.24. The standard InChI is InChI=1S/C16H22BrNS/c17-16-11-13-14(7-4-8-15(13)19-16)18-10-9-12-5-2-1-3-6-12/h5,11,14,18H,1-4,6-10H2. The van der Waals surface area contributed by atoms with Crippen LogP contribution in [0.1, 0.15) is 61.4 Å². The molecule has 0 fully saturated rings. The first kappa shape index (κ1) is 13.8. The Morgan fingerprint density at radius 2 is 2.21 bits per heavy atom. The fourth-order valence-corrected chi connectivity index (χ4v) is 5.09. The third-order valence-electron chi connectivity index (χ3n) is 4.31. The number of rotatable bonds is 4. The first-order valence-electron chi connectivity index (χ1n) is 7.52. The van der Waals surface area contributed by atoms with Gasteiger partial charge in [-0.1, -0.05) is 11.6 Å². The van der Waals surface area contributed by atoms with Crippen molar-refractivity contribution in [2.24, 2.45) is 0 Å². The van der Waals surface area contributed by atoms with E-state index in [2.05, 4.69) is 33.4 Å². The van der Waals surface area contributed by atoms with E-state index in [1.54, 1.807) is 16.0 Å². The molecule has 2 aliphatic rings. The number of hydrogen-bond acceptors (Lipinski definition) is 2. The van der Waals surface area contributed by atoms with Crippen LogP contribution in [0.4, 0.5) is 0 Å². The molecule has 0 spiro atoms. The molecule has 2 aliphatic carbocycles. The average molecular weight is 340 g/mol. The summed E-state index contributed by atoms with van der Waals surface area (Å²) in [5.41, 5.74) is 3.24. The van der Waals surface area contributed by atoms with E-state index in [1.165, 1.54) is 55.2 Å². The van der Waals surface area contributed by atoms with Crippen LogP contribution in [-0.2, 0) is 6.42 Å². The highest BCUT2D eigenvalue weighted by Gasteiger charge is 2.22. The van der Waals surface area contributed by atoms with Gasteiger partial charge in [0.2, 0.25) is 0 Å². The highest BCUT2D eigenvalue weighted by molar-refractivity contribution is 9.11. The molecule has 1 nitrogen and oxygen atoms in total.